The molecule has 0 atom stereocenters. The summed E-state index contributed by atoms with van der Waals surface area (Å²) in [5, 5.41) is 9.09. The first kappa shape index (κ1) is 22.2. The Labute approximate surface area is 171 Å². The third kappa shape index (κ3) is 7.83. The molecule has 2 amide bonds. The Balaban J connectivity index is 1.49. The summed E-state index contributed by atoms with van der Waals surface area (Å²) >= 11 is 0. The predicted octanol–water partition coefficient (Wildman–Crippen LogP) is 2.23. The van der Waals surface area contributed by atoms with Crippen LogP contribution in [-0.2, 0) is 0 Å². The van der Waals surface area contributed by atoms with Gasteiger partial charge in [0.2, 0.25) is 0 Å². The number of benzene rings is 2. The van der Waals surface area contributed by atoms with Gasteiger partial charge in [-0.25, -0.2) is 0 Å². The second-order valence-corrected chi connectivity index (χ2v) is 6.43. The summed E-state index contributed by atoms with van der Waals surface area (Å²) in [7, 11) is 3.19. The average molecular weight is 399 g/mol. The molecule has 0 unspecified atom stereocenters. The Morgan fingerprint density at radius 1 is 0.655 bits per heavy atom. The molecule has 7 heteroatoms. The molecule has 29 heavy (non-hydrogen) atoms. The van der Waals surface area contributed by atoms with Crippen LogP contribution in [-0.4, -0.2) is 52.2 Å². The van der Waals surface area contributed by atoms with Crippen LogP contribution >= 0.6 is 0 Å². The Morgan fingerprint density at radius 3 is 1.38 bits per heavy atom. The van der Waals surface area contributed by atoms with Gasteiger partial charge in [-0.3, -0.25) is 9.59 Å². The second kappa shape index (κ2) is 12.4. The smallest absolute Gasteiger partial charge is 0.251 e. The van der Waals surface area contributed by atoms with E-state index >= 15 is 0 Å². The Morgan fingerprint density at radius 2 is 1.03 bits per heavy atom. The molecule has 0 heterocycles. The highest BCUT2D eigenvalue weighted by atomic mass is 16.5. The van der Waals surface area contributed by atoms with E-state index in [2.05, 4.69) is 16.0 Å². The van der Waals surface area contributed by atoms with Gasteiger partial charge in [0.15, 0.2) is 0 Å². The first-order valence-corrected chi connectivity index (χ1v) is 9.69. The molecule has 0 aromatic heterocycles. The van der Waals surface area contributed by atoms with Gasteiger partial charge in [-0.05, 0) is 74.5 Å². The van der Waals surface area contributed by atoms with Gasteiger partial charge in [0, 0.05) is 24.2 Å². The van der Waals surface area contributed by atoms with E-state index in [1.807, 2.05) is 0 Å². The number of hydrogen-bond donors (Lipinski definition) is 3. The van der Waals surface area contributed by atoms with Gasteiger partial charge < -0.3 is 25.4 Å². The van der Waals surface area contributed by atoms with Crippen LogP contribution in [0, 0.1) is 0 Å². The minimum atomic E-state index is -0.0890. The molecule has 0 fully saturated rings. The predicted molar refractivity (Wildman–Crippen MR) is 113 cm³/mol. The standard InChI is InChI=1S/C22H29N3O4/c1-28-19-9-5-17(6-10-19)21(26)24-15-3-13-23-14-4-16-25-22(27)18-7-11-20(29-2)12-8-18/h5-12,23H,3-4,13-16H2,1-2H3,(H,24,26)(H,25,27). The summed E-state index contributed by atoms with van der Waals surface area (Å²) in [6.07, 6.45) is 1.67. The molecular formula is C22H29N3O4. The molecule has 0 bridgehead atoms. The van der Waals surface area contributed by atoms with Crippen molar-refractivity contribution in [2.45, 2.75) is 12.8 Å². The Bertz CT molecular complexity index is 695. The van der Waals surface area contributed by atoms with E-state index in [0.717, 1.165) is 37.4 Å². The number of amides is 2. The van der Waals surface area contributed by atoms with Gasteiger partial charge >= 0.3 is 0 Å². The monoisotopic (exact) mass is 399 g/mol. The van der Waals surface area contributed by atoms with Crippen LogP contribution in [0.4, 0.5) is 0 Å². The van der Waals surface area contributed by atoms with Crippen molar-refractivity contribution in [2.24, 2.45) is 0 Å². The van der Waals surface area contributed by atoms with Crippen molar-refractivity contribution in [3.63, 3.8) is 0 Å². The highest BCUT2D eigenvalue weighted by Gasteiger charge is 2.05. The number of hydrogen-bond acceptors (Lipinski definition) is 5. The SMILES string of the molecule is COc1ccc(C(=O)NCCCNCCCNC(=O)c2ccc(OC)cc2)cc1. The van der Waals surface area contributed by atoms with Gasteiger partial charge in [0.05, 0.1) is 14.2 Å². The third-order valence-corrected chi connectivity index (χ3v) is 4.34. The Kier molecular flexibility index (Phi) is 9.51. The molecule has 0 radical (unpaired) electrons. The van der Waals surface area contributed by atoms with Crippen LogP contribution in [0.15, 0.2) is 48.5 Å². The van der Waals surface area contributed by atoms with E-state index in [1.165, 1.54) is 0 Å². The van der Waals surface area contributed by atoms with Crippen molar-refractivity contribution >= 4 is 11.8 Å². The van der Waals surface area contributed by atoms with E-state index in [0.29, 0.717) is 24.2 Å². The molecule has 7 nitrogen and oxygen atoms in total. The molecule has 0 saturated carbocycles. The van der Waals surface area contributed by atoms with E-state index < -0.39 is 0 Å². The molecule has 2 aromatic rings. The lowest BCUT2D eigenvalue weighted by atomic mass is 10.2. The fourth-order valence-corrected chi connectivity index (χ4v) is 2.64. The summed E-state index contributed by atoms with van der Waals surface area (Å²) in [5.41, 5.74) is 1.23. The van der Waals surface area contributed by atoms with Crippen molar-refractivity contribution in [1.82, 2.24) is 16.0 Å². The number of carbonyl (C=O) groups is 2. The topological polar surface area (TPSA) is 88.7 Å². The summed E-state index contributed by atoms with van der Waals surface area (Å²) in [6.45, 7) is 2.81. The normalized spacial score (nSPS) is 10.3. The fourth-order valence-electron chi connectivity index (χ4n) is 2.64. The molecule has 156 valence electrons. The van der Waals surface area contributed by atoms with Crippen LogP contribution in [0.2, 0.25) is 0 Å². The number of rotatable bonds is 12. The van der Waals surface area contributed by atoms with E-state index in [-0.39, 0.29) is 11.8 Å². The fraction of sp³-hybridized carbons (Fsp3) is 0.364. The maximum atomic E-state index is 12.0. The zero-order valence-electron chi connectivity index (χ0n) is 17.0. The molecular weight excluding hydrogens is 370 g/mol. The average Bonchev–Trinajstić information content (AvgIpc) is 2.77. The lowest BCUT2D eigenvalue weighted by Crippen LogP contribution is -2.29. The van der Waals surface area contributed by atoms with Crippen LogP contribution < -0.4 is 25.4 Å². The lowest BCUT2D eigenvalue weighted by Gasteiger charge is -2.08. The molecule has 0 aliphatic heterocycles. The summed E-state index contributed by atoms with van der Waals surface area (Å²) in [5.74, 6) is 1.28. The third-order valence-electron chi connectivity index (χ3n) is 4.34. The largest absolute Gasteiger partial charge is 0.497 e. The van der Waals surface area contributed by atoms with Crippen molar-refractivity contribution < 1.29 is 19.1 Å². The number of nitrogens with one attached hydrogen (secondary N) is 3. The molecule has 0 spiro atoms. The molecule has 2 aromatic carbocycles. The van der Waals surface area contributed by atoms with Crippen molar-refractivity contribution in [3.05, 3.63) is 59.7 Å². The number of carbonyl (C=O) groups excluding carboxylic acids is 2. The van der Waals surface area contributed by atoms with E-state index in [4.69, 9.17) is 9.47 Å². The second-order valence-electron chi connectivity index (χ2n) is 6.43. The number of methoxy groups -OCH3 is 2. The lowest BCUT2D eigenvalue weighted by molar-refractivity contribution is 0.0945. The molecule has 3 N–H and O–H groups in total. The van der Waals surface area contributed by atoms with E-state index in [9.17, 15) is 9.59 Å². The van der Waals surface area contributed by atoms with Gasteiger partial charge in [-0.2, -0.15) is 0 Å². The van der Waals surface area contributed by atoms with Crippen LogP contribution in [0.1, 0.15) is 33.6 Å². The minimum absolute atomic E-state index is 0.0890. The van der Waals surface area contributed by atoms with Crippen molar-refractivity contribution in [1.29, 1.82) is 0 Å². The first-order chi connectivity index (χ1) is 14.1. The minimum Gasteiger partial charge on any atom is -0.497 e. The molecule has 0 saturated heterocycles. The maximum absolute atomic E-state index is 12.0. The summed E-state index contributed by atoms with van der Waals surface area (Å²) < 4.78 is 10.2. The van der Waals surface area contributed by atoms with Gasteiger partial charge in [0.25, 0.3) is 11.8 Å². The van der Waals surface area contributed by atoms with E-state index in [1.54, 1.807) is 62.8 Å². The molecule has 0 aliphatic carbocycles. The quantitative estimate of drug-likeness (QED) is 0.477. The van der Waals surface area contributed by atoms with Crippen LogP contribution in [0.25, 0.3) is 0 Å². The van der Waals surface area contributed by atoms with Crippen molar-refractivity contribution in [3.8, 4) is 11.5 Å². The van der Waals surface area contributed by atoms with Crippen LogP contribution in [0.3, 0.4) is 0 Å². The van der Waals surface area contributed by atoms with Crippen LogP contribution in [0.5, 0.6) is 11.5 Å². The molecule has 2 rings (SSSR count). The molecule has 0 aliphatic rings. The zero-order valence-corrected chi connectivity index (χ0v) is 17.0. The van der Waals surface area contributed by atoms with Gasteiger partial charge in [-0.1, -0.05) is 0 Å². The first-order valence-electron chi connectivity index (χ1n) is 9.69. The summed E-state index contributed by atoms with van der Waals surface area (Å²) in [4.78, 5) is 24.0. The Hall–Kier alpha value is -3.06. The number of ether oxygens (including phenoxy) is 2. The highest BCUT2D eigenvalue weighted by Crippen LogP contribution is 2.11. The highest BCUT2D eigenvalue weighted by molar-refractivity contribution is 5.94. The van der Waals surface area contributed by atoms with Crippen molar-refractivity contribution in [2.75, 3.05) is 40.4 Å². The summed E-state index contributed by atoms with van der Waals surface area (Å²) in [6, 6.07) is 14.0. The van der Waals surface area contributed by atoms with Gasteiger partial charge in [0.1, 0.15) is 11.5 Å². The zero-order chi connectivity index (χ0) is 20.9. The maximum Gasteiger partial charge on any atom is 0.251 e. The van der Waals surface area contributed by atoms with Gasteiger partial charge in [-0.15, -0.1) is 0 Å².